The molecule has 3 atom stereocenters. The molecule has 0 aliphatic heterocycles. The monoisotopic (exact) mass is 343 g/mol. The van der Waals surface area contributed by atoms with E-state index in [1.807, 2.05) is 24.5 Å². The van der Waals surface area contributed by atoms with Crippen LogP contribution < -0.4 is 0 Å². The molecule has 3 unspecified atom stereocenters. The molecule has 26 heavy (non-hydrogen) atoms. The van der Waals surface area contributed by atoms with Gasteiger partial charge >= 0.3 is 0 Å². The van der Waals surface area contributed by atoms with Crippen LogP contribution in [0.3, 0.4) is 0 Å². The highest BCUT2D eigenvalue weighted by Gasteiger charge is 2.44. The van der Waals surface area contributed by atoms with E-state index in [-0.39, 0.29) is 0 Å². The average molecular weight is 344 g/mol. The first-order chi connectivity index (χ1) is 12.6. The third-order valence-electron chi connectivity index (χ3n) is 6.84. The van der Waals surface area contributed by atoms with Gasteiger partial charge < -0.3 is 4.98 Å². The van der Waals surface area contributed by atoms with Crippen LogP contribution in [0, 0.1) is 17.3 Å². The van der Waals surface area contributed by atoms with Gasteiger partial charge in [0.25, 0.3) is 0 Å². The molecule has 0 spiro atoms. The van der Waals surface area contributed by atoms with E-state index in [4.69, 9.17) is 0 Å². The van der Waals surface area contributed by atoms with E-state index in [2.05, 4.69) is 74.3 Å². The molecule has 2 aromatic carbocycles. The summed E-state index contributed by atoms with van der Waals surface area (Å²) in [6.45, 7) is 7.36. The number of fused-ring (bicyclic) bond motifs is 5. The number of aromatic amines is 1. The second kappa shape index (κ2) is 6.79. The standard InChI is InChI=1S/C21H24.C4H5N/c1-14-8-10-19-18-11-9-15-6-4-5-7-16(15)17(18)12-13-20(19)21(14,2)3;1-2-4-5-3-1/h4-7,9,11-14,19-20H,8,10H2,1-3H3;1-5H. The number of benzene rings is 2. The van der Waals surface area contributed by atoms with Crippen molar-refractivity contribution in [1.82, 2.24) is 4.98 Å². The van der Waals surface area contributed by atoms with E-state index in [9.17, 15) is 0 Å². The van der Waals surface area contributed by atoms with Crippen LogP contribution in [0.2, 0.25) is 0 Å². The normalized spacial score (nSPS) is 25.7. The first-order valence-corrected chi connectivity index (χ1v) is 9.86. The quantitative estimate of drug-likeness (QED) is 0.450. The fraction of sp³-hybridized carbons (Fsp3) is 0.360. The lowest BCUT2D eigenvalue weighted by molar-refractivity contribution is 0.0811. The van der Waals surface area contributed by atoms with Gasteiger partial charge in [0.15, 0.2) is 0 Å². The molecule has 1 heteroatoms. The molecule has 1 N–H and O–H groups in total. The van der Waals surface area contributed by atoms with Crippen molar-refractivity contribution in [2.24, 2.45) is 17.3 Å². The van der Waals surface area contributed by atoms with E-state index in [1.165, 1.54) is 29.2 Å². The summed E-state index contributed by atoms with van der Waals surface area (Å²) in [5, 5.41) is 2.78. The van der Waals surface area contributed by atoms with Gasteiger partial charge in [-0.3, -0.25) is 0 Å². The summed E-state index contributed by atoms with van der Waals surface area (Å²) in [6.07, 6.45) is 11.4. The maximum absolute atomic E-state index is 2.86. The van der Waals surface area contributed by atoms with Crippen LogP contribution in [-0.2, 0) is 0 Å². The Labute approximate surface area is 157 Å². The Hall–Kier alpha value is -2.28. The van der Waals surface area contributed by atoms with Gasteiger partial charge in [-0.05, 0) is 70.0 Å². The molecule has 1 aromatic heterocycles. The van der Waals surface area contributed by atoms with Crippen molar-refractivity contribution in [1.29, 1.82) is 0 Å². The van der Waals surface area contributed by atoms with Crippen LogP contribution in [0.4, 0.5) is 0 Å². The van der Waals surface area contributed by atoms with E-state index in [1.54, 1.807) is 5.56 Å². The summed E-state index contributed by atoms with van der Waals surface area (Å²) < 4.78 is 0. The second-order valence-corrected chi connectivity index (χ2v) is 8.47. The van der Waals surface area contributed by atoms with Gasteiger partial charge in [0.1, 0.15) is 0 Å². The highest BCUT2D eigenvalue weighted by molar-refractivity contribution is 5.92. The first kappa shape index (κ1) is 17.1. The van der Waals surface area contributed by atoms with Gasteiger partial charge in [-0.25, -0.2) is 0 Å². The minimum absolute atomic E-state index is 0.406. The Morgan fingerprint density at radius 2 is 1.69 bits per heavy atom. The van der Waals surface area contributed by atoms with Gasteiger partial charge in [-0.2, -0.15) is 0 Å². The summed E-state index contributed by atoms with van der Waals surface area (Å²) in [5.74, 6) is 2.21. The highest BCUT2D eigenvalue weighted by Crippen LogP contribution is 2.55. The molecule has 134 valence electrons. The lowest BCUT2D eigenvalue weighted by atomic mass is 9.55. The first-order valence-electron chi connectivity index (χ1n) is 9.86. The number of nitrogens with one attached hydrogen (secondary N) is 1. The zero-order valence-electron chi connectivity index (χ0n) is 16.1. The smallest absolute Gasteiger partial charge is 0.000496 e. The summed E-state index contributed by atoms with van der Waals surface area (Å²) >= 11 is 0. The van der Waals surface area contributed by atoms with Crippen molar-refractivity contribution in [3.8, 4) is 0 Å². The van der Waals surface area contributed by atoms with E-state index >= 15 is 0 Å². The maximum atomic E-state index is 2.86. The second-order valence-electron chi connectivity index (χ2n) is 8.47. The third kappa shape index (κ3) is 2.90. The lowest BCUT2D eigenvalue weighted by Crippen LogP contribution is -2.39. The molecule has 0 radical (unpaired) electrons. The van der Waals surface area contributed by atoms with Crippen LogP contribution in [0.25, 0.3) is 16.8 Å². The largest absolute Gasteiger partial charge is 0.368 e. The molecule has 1 saturated carbocycles. The molecular formula is C25H29N. The van der Waals surface area contributed by atoms with Gasteiger partial charge in [-0.1, -0.05) is 69.3 Å². The number of aromatic nitrogens is 1. The van der Waals surface area contributed by atoms with Gasteiger partial charge in [0, 0.05) is 12.4 Å². The van der Waals surface area contributed by atoms with Crippen molar-refractivity contribution in [3.63, 3.8) is 0 Å². The Morgan fingerprint density at radius 3 is 2.42 bits per heavy atom. The molecule has 2 aliphatic rings. The molecule has 0 saturated heterocycles. The predicted molar refractivity (Wildman–Crippen MR) is 112 cm³/mol. The van der Waals surface area contributed by atoms with Gasteiger partial charge in [-0.15, -0.1) is 0 Å². The SMILES string of the molecule is CC1CCC2c3ccc4ccccc4c3C=CC2C1(C)C.c1cc[nH]c1. The van der Waals surface area contributed by atoms with Gasteiger partial charge in [0.05, 0.1) is 0 Å². The summed E-state index contributed by atoms with van der Waals surface area (Å²) in [5.41, 5.74) is 3.46. The van der Waals surface area contributed by atoms with Crippen molar-refractivity contribution >= 4 is 16.8 Å². The molecule has 0 amide bonds. The molecule has 5 rings (SSSR count). The van der Waals surface area contributed by atoms with Crippen molar-refractivity contribution in [2.75, 3.05) is 0 Å². The number of hydrogen-bond donors (Lipinski definition) is 1. The van der Waals surface area contributed by atoms with Crippen LogP contribution in [-0.4, -0.2) is 4.98 Å². The van der Waals surface area contributed by atoms with Crippen molar-refractivity contribution < 1.29 is 0 Å². The van der Waals surface area contributed by atoms with E-state index in [0.29, 0.717) is 17.3 Å². The van der Waals surface area contributed by atoms with E-state index in [0.717, 1.165) is 5.92 Å². The molecule has 1 heterocycles. The van der Waals surface area contributed by atoms with Crippen molar-refractivity contribution in [3.05, 3.63) is 78.1 Å². The third-order valence-corrected chi connectivity index (χ3v) is 6.84. The molecular weight excluding hydrogens is 314 g/mol. The number of rotatable bonds is 0. The highest BCUT2D eigenvalue weighted by atomic mass is 14.6. The fourth-order valence-corrected chi connectivity index (χ4v) is 4.86. The molecule has 1 nitrogen and oxygen atoms in total. The molecule has 1 fully saturated rings. The predicted octanol–water partition coefficient (Wildman–Crippen LogP) is 7.04. The summed E-state index contributed by atoms with van der Waals surface area (Å²) in [7, 11) is 0. The number of hydrogen-bond acceptors (Lipinski definition) is 0. The molecule has 3 aromatic rings. The summed E-state index contributed by atoms with van der Waals surface area (Å²) in [4.78, 5) is 2.86. The Bertz CT molecular complexity index is 884. The minimum atomic E-state index is 0.406. The van der Waals surface area contributed by atoms with Crippen LogP contribution in [0.5, 0.6) is 0 Å². The summed E-state index contributed by atoms with van der Waals surface area (Å²) in [6, 6.07) is 17.4. The van der Waals surface area contributed by atoms with E-state index < -0.39 is 0 Å². The number of allylic oxidation sites excluding steroid dienone is 1. The minimum Gasteiger partial charge on any atom is -0.368 e. The lowest BCUT2D eigenvalue weighted by Gasteiger charge is -2.49. The van der Waals surface area contributed by atoms with Gasteiger partial charge in [0.2, 0.25) is 0 Å². The number of H-pyrrole nitrogens is 1. The Kier molecular flexibility index (Phi) is 4.48. The maximum Gasteiger partial charge on any atom is 0.000496 e. The van der Waals surface area contributed by atoms with Crippen LogP contribution in [0.1, 0.15) is 50.7 Å². The zero-order chi connectivity index (χ0) is 18.1. The Morgan fingerprint density at radius 1 is 0.923 bits per heavy atom. The van der Waals surface area contributed by atoms with Crippen LogP contribution >= 0.6 is 0 Å². The molecule has 0 bridgehead atoms. The van der Waals surface area contributed by atoms with Crippen LogP contribution in [0.15, 0.2) is 67.0 Å². The molecule has 2 aliphatic carbocycles. The topological polar surface area (TPSA) is 15.8 Å². The zero-order valence-corrected chi connectivity index (χ0v) is 16.1. The Balaban J connectivity index is 0.000000292. The van der Waals surface area contributed by atoms with Crippen molar-refractivity contribution in [2.45, 2.75) is 39.5 Å². The fourth-order valence-electron chi connectivity index (χ4n) is 4.86. The average Bonchev–Trinajstić information content (AvgIpc) is 3.24.